The van der Waals surface area contributed by atoms with Crippen molar-refractivity contribution in [2.45, 2.75) is 24.4 Å². The summed E-state index contributed by atoms with van der Waals surface area (Å²) in [7, 11) is 0. The van der Waals surface area contributed by atoms with Gasteiger partial charge in [0.15, 0.2) is 12.2 Å². The third kappa shape index (κ3) is 3.40. The molecule has 0 radical (unpaired) electrons. The second kappa shape index (κ2) is 6.39. The fourth-order valence-electron chi connectivity index (χ4n) is 1.69. The zero-order chi connectivity index (χ0) is 15.4. The second-order valence-corrected chi connectivity index (χ2v) is 4.28. The first-order valence-electron chi connectivity index (χ1n) is 5.99. The van der Waals surface area contributed by atoms with Gasteiger partial charge in [-0.15, -0.1) is 0 Å². The van der Waals surface area contributed by atoms with E-state index in [4.69, 9.17) is 0 Å². The van der Waals surface area contributed by atoms with E-state index in [1.165, 1.54) is 24.5 Å². The summed E-state index contributed by atoms with van der Waals surface area (Å²) in [4.78, 5) is 26.4. The number of esters is 1. The van der Waals surface area contributed by atoms with Crippen molar-refractivity contribution in [3.8, 4) is 0 Å². The average molecular weight is 295 g/mol. The van der Waals surface area contributed by atoms with E-state index in [-0.39, 0.29) is 0 Å². The smallest absolute Gasteiger partial charge is 0.338 e. The molecule has 1 aromatic heterocycles. The van der Waals surface area contributed by atoms with Crippen molar-refractivity contribution in [2.24, 2.45) is 5.10 Å². The SMILES string of the molecule is O=C(N/N=C/[C@H](O)[C@@H]1OC(=O)[C@H](O)[C@@H]1O)c1ccncc1. The number of aromatic nitrogens is 1. The third-order valence-corrected chi connectivity index (χ3v) is 2.83. The molecule has 1 aliphatic rings. The number of cyclic esters (lactones) is 1. The van der Waals surface area contributed by atoms with Gasteiger partial charge in [0.05, 0.1) is 6.21 Å². The fourth-order valence-corrected chi connectivity index (χ4v) is 1.69. The number of nitrogens with one attached hydrogen (secondary N) is 1. The van der Waals surface area contributed by atoms with Crippen molar-refractivity contribution in [3.63, 3.8) is 0 Å². The van der Waals surface area contributed by atoms with Gasteiger partial charge >= 0.3 is 5.97 Å². The van der Waals surface area contributed by atoms with Gasteiger partial charge in [0.25, 0.3) is 5.91 Å². The number of ether oxygens (including phenoxy) is 1. The van der Waals surface area contributed by atoms with Gasteiger partial charge in [0, 0.05) is 18.0 Å². The van der Waals surface area contributed by atoms with E-state index in [1.807, 2.05) is 0 Å². The molecular formula is C12H13N3O6. The quantitative estimate of drug-likeness (QED) is 0.281. The number of rotatable bonds is 4. The summed E-state index contributed by atoms with van der Waals surface area (Å²) < 4.78 is 4.59. The van der Waals surface area contributed by atoms with E-state index in [1.54, 1.807) is 0 Å². The Balaban J connectivity index is 1.90. The van der Waals surface area contributed by atoms with Crippen LogP contribution < -0.4 is 5.43 Å². The Bertz CT molecular complexity index is 549. The van der Waals surface area contributed by atoms with Gasteiger partial charge in [-0.3, -0.25) is 9.78 Å². The molecule has 0 bridgehead atoms. The lowest BCUT2D eigenvalue weighted by Crippen LogP contribution is -2.39. The van der Waals surface area contributed by atoms with Crippen molar-refractivity contribution in [1.29, 1.82) is 0 Å². The minimum absolute atomic E-state index is 0.319. The molecule has 0 aromatic carbocycles. The van der Waals surface area contributed by atoms with E-state index in [0.717, 1.165) is 6.21 Å². The molecule has 112 valence electrons. The minimum Gasteiger partial charge on any atom is -0.454 e. The highest BCUT2D eigenvalue weighted by atomic mass is 16.6. The highest BCUT2D eigenvalue weighted by Crippen LogP contribution is 2.18. The lowest BCUT2D eigenvalue weighted by molar-refractivity contribution is -0.149. The van der Waals surface area contributed by atoms with Crippen LogP contribution in [0.1, 0.15) is 10.4 Å². The number of pyridine rings is 1. The average Bonchev–Trinajstić information content (AvgIpc) is 2.75. The summed E-state index contributed by atoms with van der Waals surface area (Å²) >= 11 is 0. The summed E-state index contributed by atoms with van der Waals surface area (Å²) in [5, 5.41) is 31.8. The number of aliphatic hydroxyl groups excluding tert-OH is 3. The molecule has 2 heterocycles. The van der Waals surface area contributed by atoms with Crippen molar-refractivity contribution < 1.29 is 29.6 Å². The molecule has 2 rings (SSSR count). The molecule has 4 atom stereocenters. The van der Waals surface area contributed by atoms with Crippen LogP contribution in [0.25, 0.3) is 0 Å². The number of amides is 1. The standard InChI is InChI=1S/C12H13N3O6/c16-7(10-8(17)9(18)12(20)21-10)5-14-15-11(19)6-1-3-13-4-2-6/h1-5,7-10,16-18H,(H,15,19)/b14-5+/t7-,8-,9+,10-/m0/s1. The van der Waals surface area contributed by atoms with Crippen LogP contribution in [-0.4, -0.2) is 62.8 Å². The van der Waals surface area contributed by atoms with E-state index < -0.39 is 36.3 Å². The molecule has 9 nitrogen and oxygen atoms in total. The molecule has 1 saturated heterocycles. The monoisotopic (exact) mass is 295 g/mol. The Morgan fingerprint density at radius 1 is 1.43 bits per heavy atom. The fraction of sp³-hybridized carbons (Fsp3) is 0.333. The molecule has 0 spiro atoms. The molecule has 1 fully saturated rings. The van der Waals surface area contributed by atoms with Gasteiger partial charge in [0.2, 0.25) is 0 Å². The lowest BCUT2D eigenvalue weighted by Gasteiger charge is -2.16. The summed E-state index contributed by atoms with van der Waals surface area (Å²) in [6.07, 6.45) is -2.32. The van der Waals surface area contributed by atoms with Crippen LogP contribution in [-0.2, 0) is 9.53 Å². The van der Waals surface area contributed by atoms with Gasteiger partial charge in [-0.2, -0.15) is 5.10 Å². The Labute approximate surface area is 118 Å². The van der Waals surface area contributed by atoms with Crippen molar-refractivity contribution in [3.05, 3.63) is 30.1 Å². The van der Waals surface area contributed by atoms with Gasteiger partial charge in [0.1, 0.15) is 12.2 Å². The highest BCUT2D eigenvalue weighted by Gasteiger charge is 2.45. The first-order chi connectivity index (χ1) is 10.0. The van der Waals surface area contributed by atoms with Crippen molar-refractivity contribution in [2.75, 3.05) is 0 Å². The van der Waals surface area contributed by atoms with Gasteiger partial charge in [-0.05, 0) is 12.1 Å². The largest absolute Gasteiger partial charge is 0.454 e. The van der Waals surface area contributed by atoms with Crippen LogP contribution in [0.3, 0.4) is 0 Å². The number of aliphatic hydroxyl groups is 3. The lowest BCUT2D eigenvalue weighted by atomic mass is 10.1. The maximum absolute atomic E-state index is 11.6. The van der Waals surface area contributed by atoms with E-state index in [9.17, 15) is 24.9 Å². The highest BCUT2D eigenvalue weighted by molar-refractivity contribution is 5.94. The summed E-state index contributed by atoms with van der Waals surface area (Å²) in [6, 6.07) is 2.94. The zero-order valence-electron chi connectivity index (χ0n) is 10.7. The summed E-state index contributed by atoms with van der Waals surface area (Å²) in [5.41, 5.74) is 2.47. The maximum Gasteiger partial charge on any atom is 0.338 e. The van der Waals surface area contributed by atoms with Crippen LogP contribution >= 0.6 is 0 Å². The number of nitrogens with zero attached hydrogens (tertiary/aromatic N) is 2. The Hall–Kier alpha value is -2.36. The van der Waals surface area contributed by atoms with Crippen LogP contribution in [0, 0.1) is 0 Å². The van der Waals surface area contributed by atoms with Crippen LogP contribution in [0.5, 0.6) is 0 Å². The first-order valence-corrected chi connectivity index (χ1v) is 5.99. The van der Waals surface area contributed by atoms with Gasteiger partial charge in [-0.1, -0.05) is 0 Å². The number of carbonyl (C=O) groups excluding carboxylic acids is 2. The maximum atomic E-state index is 11.6. The minimum atomic E-state index is -1.70. The number of carbonyl (C=O) groups is 2. The van der Waals surface area contributed by atoms with Gasteiger partial charge in [-0.25, -0.2) is 10.2 Å². The van der Waals surface area contributed by atoms with E-state index >= 15 is 0 Å². The molecule has 1 amide bonds. The van der Waals surface area contributed by atoms with E-state index in [0.29, 0.717) is 5.56 Å². The molecule has 1 aliphatic heterocycles. The second-order valence-electron chi connectivity index (χ2n) is 4.28. The normalized spacial score (nSPS) is 26.6. The molecule has 4 N–H and O–H groups in total. The number of hydrazone groups is 1. The summed E-state index contributed by atoms with van der Waals surface area (Å²) in [5.74, 6) is -1.55. The topological polar surface area (TPSA) is 141 Å². The third-order valence-electron chi connectivity index (χ3n) is 2.83. The Morgan fingerprint density at radius 3 is 2.67 bits per heavy atom. The van der Waals surface area contributed by atoms with Crippen LogP contribution in [0.2, 0.25) is 0 Å². The predicted molar refractivity (Wildman–Crippen MR) is 68.1 cm³/mol. The predicted octanol–water partition coefficient (Wildman–Crippen LogP) is -2.19. The molecular weight excluding hydrogens is 282 g/mol. The molecule has 0 saturated carbocycles. The molecule has 0 aliphatic carbocycles. The van der Waals surface area contributed by atoms with E-state index in [2.05, 4.69) is 20.2 Å². The number of hydrogen-bond donors (Lipinski definition) is 4. The van der Waals surface area contributed by atoms with Crippen molar-refractivity contribution >= 4 is 18.1 Å². The van der Waals surface area contributed by atoms with Crippen molar-refractivity contribution in [1.82, 2.24) is 10.4 Å². The molecule has 1 aromatic rings. The zero-order valence-corrected chi connectivity index (χ0v) is 10.7. The van der Waals surface area contributed by atoms with Crippen LogP contribution in [0.15, 0.2) is 29.6 Å². The first kappa shape index (κ1) is 15.0. The molecule has 9 heteroatoms. The van der Waals surface area contributed by atoms with Gasteiger partial charge < -0.3 is 20.1 Å². The summed E-state index contributed by atoms with van der Waals surface area (Å²) in [6.45, 7) is 0. The Kier molecular flexibility index (Phi) is 4.58. The van der Waals surface area contributed by atoms with Crippen LogP contribution in [0.4, 0.5) is 0 Å². The molecule has 0 unspecified atom stereocenters. The number of hydrogen-bond acceptors (Lipinski definition) is 8. The Morgan fingerprint density at radius 2 is 2.10 bits per heavy atom. The molecule has 21 heavy (non-hydrogen) atoms.